The summed E-state index contributed by atoms with van der Waals surface area (Å²) >= 11 is 1.31. The van der Waals surface area contributed by atoms with Crippen LogP contribution in [0, 0.1) is 13.8 Å². The molecule has 0 aliphatic carbocycles. The van der Waals surface area contributed by atoms with Crippen molar-refractivity contribution >= 4 is 23.3 Å². The normalized spacial score (nSPS) is 11.9. The topological polar surface area (TPSA) is 103 Å². The van der Waals surface area contributed by atoms with Crippen LogP contribution in [0.15, 0.2) is 53.9 Å². The van der Waals surface area contributed by atoms with Gasteiger partial charge in [0.15, 0.2) is 22.5 Å². The number of H-pyrrole nitrogens is 1. The Labute approximate surface area is 201 Å². The molecule has 0 saturated carbocycles. The minimum Gasteiger partial charge on any atom is -0.497 e. The molecule has 0 unspecified atom stereocenters. The number of benzene rings is 1. The van der Waals surface area contributed by atoms with E-state index in [2.05, 4.69) is 20.2 Å². The SMILES string of the molecule is COc1ccc(-n2c(S[C@H](C)C(=O)c3[nH]c(C)c(C(C)=O)c3C)nnc2-c2ccncc2)cc1. The second-order valence-electron chi connectivity index (χ2n) is 7.88. The van der Waals surface area contributed by atoms with Gasteiger partial charge in [0, 0.05) is 34.9 Å². The molecule has 0 radical (unpaired) electrons. The van der Waals surface area contributed by atoms with Gasteiger partial charge in [-0.1, -0.05) is 11.8 Å². The second-order valence-corrected chi connectivity index (χ2v) is 9.19. The highest BCUT2D eigenvalue weighted by Gasteiger charge is 2.27. The summed E-state index contributed by atoms with van der Waals surface area (Å²) in [5, 5.41) is 8.93. The van der Waals surface area contributed by atoms with Crippen LogP contribution in [0.1, 0.15) is 46.0 Å². The zero-order valence-corrected chi connectivity index (χ0v) is 20.4. The van der Waals surface area contributed by atoms with Crippen LogP contribution in [0.25, 0.3) is 17.1 Å². The monoisotopic (exact) mass is 475 g/mol. The van der Waals surface area contributed by atoms with E-state index in [1.54, 1.807) is 33.4 Å². The van der Waals surface area contributed by atoms with Crippen LogP contribution in [0.4, 0.5) is 0 Å². The van der Waals surface area contributed by atoms with Crippen LogP contribution in [0.5, 0.6) is 5.75 Å². The molecule has 0 bridgehead atoms. The smallest absolute Gasteiger partial charge is 0.196 e. The van der Waals surface area contributed by atoms with Crippen molar-refractivity contribution < 1.29 is 14.3 Å². The zero-order chi connectivity index (χ0) is 24.4. The first-order chi connectivity index (χ1) is 16.3. The van der Waals surface area contributed by atoms with Gasteiger partial charge in [-0.25, -0.2) is 0 Å². The first kappa shape index (κ1) is 23.4. The number of pyridine rings is 1. The molecule has 34 heavy (non-hydrogen) atoms. The molecular formula is C25H25N5O3S. The Morgan fingerprint density at radius 1 is 1.06 bits per heavy atom. The third kappa shape index (κ3) is 4.38. The number of aryl methyl sites for hydroxylation is 1. The molecule has 0 saturated heterocycles. The van der Waals surface area contributed by atoms with E-state index in [0.29, 0.717) is 33.5 Å². The molecule has 0 spiro atoms. The Hall–Kier alpha value is -3.72. The van der Waals surface area contributed by atoms with Crippen LogP contribution in [0.3, 0.4) is 0 Å². The number of rotatable bonds is 8. The summed E-state index contributed by atoms with van der Waals surface area (Å²) in [5.74, 6) is 1.21. The Balaban J connectivity index is 1.72. The number of nitrogens with zero attached hydrogens (tertiary/aromatic N) is 4. The number of ether oxygens (including phenoxy) is 1. The summed E-state index contributed by atoms with van der Waals surface area (Å²) in [5.41, 5.74) is 4.09. The summed E-state index contributed by atoms with van der Waals surface area (Å²) in [6.45, 7) is 6.94. The lowest BCUT2D eigenvalue weighted by Gasteiger charge is -2.13. The molecule has 8 nitrogen and oxygen atoms in total. The number of thioether (sulfide) groups is 1. The molecular weight excluding hydrogens is 450 g/mol. The first-order valence-electron chi connectivity index (χ1n) is 10.7. The van der Waals surface area contributed by atoms with Crippen LogP contribution in [-0.4, -0.2) is 48.7 Å². The molecule has 4 rings (SSSR count). The van der Waals surface area contributed by atoms with Crippen LogP contribution >= 0.6 is 11.8 Å². The fourth-order valence-corrected chi connectivity index (χ4v) is 4.86. The quantitative estimate of drug-likeness (QED) is 0.287. The van der Waals surface area contributed by atoms with Gasteiger partial charge in [0.25, 0.3) is 0 Å². The number of methoxy groups -OCH3 is 1. The van der Waals surface area contributed by atoms with Gasteiger partial charge >= 0.3 is 0 Å². The molecule has 3 heterocycles. The van der Waals surface area contributed by atoms with Crippen molar-refractivity contribution in [2.45, 2.75) is 38.1 Å². The third-order valence-electron chi connectivity index (χ3n) is 5.59. The number of hydrogen-bond acceptors (Lipinski definition) is 7. The number of Topliss-reactive ketones (excluding diaryl/α,β-unsaturated/α-hetero) is 2. The first-order valence-corrected chi connectivity index (χ1v) is 11.6. The summed E-state index contributed by atoms with van der Waals surface area (Å²) in [4.78, 5) is 32.5. The summed E-state index contributed by atoms with van der Waals surface area (Å²) in [7, 11) is 1.62. The molecule has 0 amide bonds. The molecule has 0 aliphatic heterocycles. The summed E-state index contributed by atoms with van der Waals surface area (Å²) < 4.78 is 7.20. The Morgan fingerprint density at radius 3 is 2.32 bits per heavy atom. The minimum atomic E-state index is -0.469. The molecule has 174 valence electrons. The summed E-state index contributed by atoms with van der Waals surface area (Å²) in [6, 6.07) is 11.3. The van der Waals surface area contributed by atoms with E-state index >= 15 is 0 Å². The van der Waals surface area contributed by atoms with Crippen LogP contribution < -0.4 is 4.74 Å². The number of aromatic amines is 1. The van der Waals surface area contributed by atoms with Crippen LogP contribution in [-0.2, 0) is 0 Å². The highest BCUT2D eigenvalue weighted by molar-refractivity contribution is 8.00. The van der Waals surface area contributed by atoms with Crippen molar-refractivity contribution in [3.8, 4) is 22.8 Å². The van der Waals surface area contributed by atoms with E-state index in [4.69, 9.17) is 4.74 Å². The lowest BCUT2D eigenvalue weighted by Crippen LogP contribution is -2.16. The van der Waals surface area contributed by atoms with E-state index in [1.165, 1.54) is 18.7 Å². The summed E-state index contributed by atoms with van der Waals surface area (Å²) in [6.07, 6.45) is 3.40. The van der Waals surface area contributed by atoms with Gasteiger partial charge in [0.1, 0.15) is 5.75 Å². The fraction of sp³-hybridized carbons (Fsp3) is 0.240. The highest BCUT2D eigenvalue weighted by atomic mass is 32.2. The van der Waals surface area contributed by atoms with E-state index < -0.39 is 5.25 Å². The number of aromatic nitrogens is 5. The maximum absolute atomic E-state index is 13.3. The molecule has 1 aromatic carbocycles. The number of carbonyl (C=O) groups excluding carboxylic acids is 2. The van der Waals surface area contributed by atoms with E-state index in [0.717, 1.165) is 17.0 Å². The predicted molar refractivity (Wildman–Crippen MR) is 131 cm³/mol. The maximum Gasteiger partial charge on any atom is 0.196 e. The number of nitrogens with one attached hydrogen (secondary N) is 1. The van der Waals surface area contributed by atoms with Crippen molar-refractivity contribution in [3.05, 3.63) is 71.3 Å². The largest absolute Gasteiger partial charge is 0.497 e. The van der Waals surface area contributed by atoms with Gasteiger partial charge < -0.3 is 9.72 Å². The van der Waals surface area contributed by atoms with Gasteiger partial charge in [-0.3, -0.25) is 19.1 Å². The molecule has 9 heteroatoms. The van der Waals surface area contributed by atoms with Gasteiger partial charge in [-0.15, -0.1) is 10.2 Å². The predicted octanol–water partition coefficient (Wildman–Crippen LogP) is 4.85. The zero-order valence-electron chi connectivity index (χ0n) is 19.6. The van der Waals surface area contributed by atoms with Crippen molar-refractivity contribution in [2.24, 2.45) is 0 Å². The molecule has 1 N–H and O–H groups in total. The van der Waals surface area contributed by atoms with Gasteiger partial charge in [0.05, 0.1) is 18.1 Å². The minimum absolute atomic E-state index is 0.0631. The molecule has 0 aliphatic rings. The van der Waals surface area contributed by atoms with E-state index in [9.17, 15) is 9.59 Å². The van der Waals surface area contributed by atoms with Crippen LogP contribution in [0.2, 0.25) is 0 Å². The molecule has 1 atom stereocenters. The average molecular weight is 476 g/mol. The molecule has 3 aromatic heterocycles. The van der Waals surface area contributed by atoms with Crippen molar-refractivity contribution in [3.63, 3.8) is 0 Å². The lowest BCUT2D eigenvalue weighted by molar-refractivity contribution is 0.0988. The second kappa shape index (κ2) is 9.64. The Bertz CT molecular complexity index is 1340. The van der Waals surface area contributed by atoms with E-state index in [1.807, 2.05) is 47.9 Å². The maximum atomic E-state index is 13.3. The third-order valence-corrected chi connectivity index (χ3v) is 6.63. The average Bonchev–Trinajstić information content (AvgIpc) is 3.39. The fourth-order valence-electron chi connectivity index (χ4n) is 3.94. The number of carbonyl (C=O) groups is 2. The number of ketones is 2. The lowest BCUT2D eigenvalue weighted by atomic mass is 10.0. The van der Waals surface area contributed by atoms with Gasteiger partial charge in [-0.2, -0.15) is 0 Å². The van der Waals surface area contributed by atoms with Gasteiger partial charge in [0.2, 0.25) is 0 Å². The van der Waals surface area contributed by atoms with Crippen molar-refractivity contribution in [1.82, 2.24) is 24.7 Å². The van der Waals surface area contributed by atoms with Crippen molar-refractivity contribution in [2.75, 3.05) is 7.11 Å². The highest BCUT2D eigenvalue weighted by Crippen LogP contribution is 2.32. The Kier molecular flexibility index (Phi) is 6.65. The number of hydrogen-bond donors (Lipinski definition) is 1. The molecule has 4 aromatic rings. The Morgan fingerprint density at radius 2 is 1.74 bits per heavy atom. The standard InChI is InChI=1S/C25H25N5O3S/c1-14-21(16(3)31)15(2)27-22(14)23(32)17(4)34-25-29-28-24(18-10-12-26-13-11-18)30(25)19-6-8-20(33-5)9-7-19/h6-13,17,27H,1-5H3/t17-/m1/s1. The molecule has 0 fully saturated rings. The van der Waals surface area contributed by atoms with Crippen molar-refractivity contribution in [1.29, 1.82) is 0 Å². The van der Waals surface area contributed by atoms with E-state index in [-0.39, 0.29) is 11.6 Å². The van der Waals surface area contributed by atoms with Gasteiger partial charge in [-0.05, 0) is 69.7 Å².